The van der Waals surface area contributed by atoms with Crippen molar-refractivity contribution in [2.75, 3.05) is 6.61 Å². The number of carboxylic acid groups (broad SMARTS) is 2. The van der Waals surface area contributed by atoms with Crippen molar-refractivity contribution in [1.29, 1.82) is 0 Å². The van der Waals surface area contributed by atoms with E-state index >= 15 is 0 Å². The molecule has 1 saturated heterocycles. The number of aliphatic hydroxyl groups is 2. The van der Waals surface area contributed by atoms with Gasteiger partial charge in [0.25, 0.3) is 0 Å². The average molecular weight is 482 g/mol. The molecule has 0 amide bonds. The number of carbonyl (C=O) groups is 2. The van der Waals surface area contributed by atoms with E-state index in [9.17, 15) is 9.59 Å². The summed E-state index contributed by atoms with van der Waals surface area (Å²) >= 11 is 0. The van der Waals surface area contributed by atoms with Crippen molar-refractivity contribution in [2.24, 2.45) is 5.92 Å². The third kappa shape index (κ3) is 3.71. The van der Waals surface area contributed by atoms with E-state index in [-0.39, 0.29) is 0 Å². The quantitative estimate of drug-likeness (QED) is 0.395. The number of aliphatic carboxylic acids is 2. The van der Waals surface area contributed by atoms with E-state index in [4.69, 9.17) is 24.9 Å². The van der Waals surface area contributed by atoms with E-state index in [0.717, 1.165) is 6.61 Å². The van der Waals surface area contributed by atoms with Crippen LogP contribution in [0.25, 0.3) is 0 Å². The molecule has 3 aromatic carbocycles. The number of fused-ring (bicyclic) bond motifs is 1. The summed E-state index contributed by atoms with van der Waals surface area (Å²) in [7, 11) is 0. The first-order valence-electron chi connectivity index (χ1n) is 11.0. The molecule has 4 N–H and O–H groups in total. The van der Waals surface area contributed by atoms with E-state index in [1.165, 1.54) is 22.3 Å². The number of hydrogen-bond acceptors (Lipinski definition) is 5. The first-order chi connectivity index (χ1) is 16.3. The minimum absolute atomic E-state index is 0.628. The van der Waals surface area contributed by atoms with E-state index in [0.29, 0.717) is 11.6 Å². The zero-order chi connectivity index (χ0) is 24.4. The van der Waals surface area contributed by atoms with Crippen LogP contribution in [0.3, 0.4) is 0 Å². The van der Waals surface area contributed by atoms with Crippen molar-refractivity contribution in [2.45, 2.75) is 24.3 Å². The Morgan fingerprint density at radius 3 is 1.29 bits per heavy atom. The van der Waals surface area contributed by atoms with E-state index in [1.54, 1.807) is 0 Å². The number of rotatable bonds is 6. The summed E-state index contributed by atoms with van der Waals surface area (Å²) in [6.45, 7) is -1.96. The fourth-order valence-electron chi connectivity index (χ4n) is 5.05. The van der Waals surface area contributed by atoms with E-state index in [2.05, 4.69) is 91.0 Å². The summed E-state index contributed by atoms with van der Waals surface area (Å²) in [4.78, 5) is 19.5. The Bertz CT molecular complexity index is 1040. The standard InChI is InChI=1S/C22H21OP.C4H6O6/c1-4-10-19(11-5-1)24(20-12-6-2-7-13-20,21-14-8-3-9-15-21)22-16-18(22)17-23-24;5-1(3(7)8)2(6)4(9)10/h1-15,18,22H,16-17H2;1-2,5-6H,(H,7,8)(H,9,10)/t18-,22-;1-,2-/m11/s1. The van der Waals surface area contributed by atoms with Gasteiger partial charge in [0.1, 0.15) is 0 Å². The Morgan fingerprint density at radius 2 is 1.06 bits per heavy atom. The Labute approximate surface area is 197 Å². The molecule has 34 heavy (non-hydrogen) atoms. The van der Waals surface area contributed by atoms with Gasteiger partial charge in [0, 0.05) is 0 Å². The van der Waals surface area contributed by atoms with Crippen molar-refractivity contribution in [1.82, 2.24) is 0 Å². The molecule has 1 aliphatic carbocycles. The van der Waals surface area contributed by atoms with Gasteiger partial charge in [-0.2, -0.15) is 0 Å². The Hall–Kier alpha value is -3.09. The second kappa shape index (κ2) is 9.28. The van der Waals surface area contributed by atoms with Gasteiger partial charge in [0.2, 0.25) is 0 Å². The summed E-state index contributed by atoms with van der Waals surface area (Å²) in [6.07, 6.45) is -3.24. The molecule has 0 spiro atoms. The summed E-state index contributed by atoms with van der Waals surface area (Å²) in [5, 5.41) is 36.7. The van der Waals surface area contributed by atoms with Crippen LogP contribution in [0.1, 0.15) is 6.42 Å². The fraction of sp³-hybridized carbons (Fsp3) is 0.231. The van der Waals surface area contributed by atoms with Crippen LogP contribution in [-0.4, -0.2) is 56.8 Å². The SMILES string of the molecule is O=C(O)[C@H](O)[C@@H](O)C(=O)O.c1ccc(P2(c3ccccc3)(c3ccccc3)OC[C@H]3C[C@H]32)cc1. The number of benzene rings is 3. The molecule has 0 bridgehead atoms. The van der Waals surface area contributed by atoms with E-state index < -0.39 is 31.0 Å². The molecule has 0 unspecified atom stereocenters. The average Bonchev–Trinajstić information content (AvgIpc) is 3.60. The molecule has 2 fully saturated rings. The van der Waals surface area contributed by atoms with Crippen molar-refractivity contribution in [3.8, 4) is 0 Å². The molecule has 0 aromatic heterocycles. The first kappa shape index (κ1) is 24.0. The zero-order valence-electron chi connectivity index (χ0n) is 18.3. The minimum atomic E-state index is -2.85. The van der Waals surface area contributed by atoms with Crippen LogP contribution in [0.15, 0.2) is 91.0 Å². The summed E-state index contributed by atoms with van der Waals surface area (Å²) in [5.74, 6) is -2.83. The molecule has 2 aliphatic rings. The molecule has 1 heterocycles. The Kier molecular flexibility index (Phi) is 6.56. The molecule has 1 saturated carbocycles. The second-order valence-electron chi connectivity index (χ2n) is 8.53. The van der Waals surface area contributed by atoms with Crippen LogP contribution in [0.2, 0.25) is 0 Å². The topological polar surface area (TPSA) is 124 Å². The molecular weight excluding hydrogens is 455 g/mol. The summed E-state index contributed by atoms with van der Waals surface area (Å²) < 4.78 is 6.98. The van der Waals surface area contributed by atoms with Gasteiger partial charge < -0.3 is 20.4 Å². The molecule has 5 rings (SSSR count). The normalized spacial score (nSPS) is 24.1. The molecule has 3 aromatic rings. The molecule has 1 aliphatic heterocycles. The van der Waals surface area contributed by atoms with Gasteiger partial charge in [0.15, 0.2) is 12.2 Å². The van der Waals surface area contributed by atoms with Crippen molar-refractivity contribution in [3.05, 3.63) is 91.0 Å². The maximum atomic E-state index is 9.77. The van der Waals surface area contributed by atoms with Crippen molar-refractivity contribution < 1.29 is 34.5 Å². The van der Waals surface area contributed by atoms with Gasteiger partial charge >= 0.3 is 155 Å². The third-order valence-electron chi connectivity index (χ3n) is 6.69. The van der Waals surface area contributed by atoms with Gasteiger partial charge in [-0.05, 0) is 0 Å². The van der Waals surface area contributed by atoms with Gasteiger partial charge in [0.05, 0.1) is 0 Å². The van der Waals surface area contributed by atoms with Crippen LogP contribution in [-0.2, 0) is 14.1 Å². The number of hydrogen-bond donors (Lipinski definition) is 4. The van der Waals surface area contributed by atoms with Crippen LogP contribution in [0.4, 0.5) is 0 Å². The van der Waals surface area contributed by atoms with Crippen LogP contribution < -0.4 is 15.9 Å². The molecule has 4 atom stereocenters. The van der Waals surface area contributed by atoms with Crippen LogP contribution >= 0.6 is 6.83 Å². The maximum absolute atomic E-state index is 9.77. The first-order valence-corrected chi connectivity index (χ1v) is 13.2. The van der Waals surface area contributed by atoms with Crippen molar-refractivity contribution >= 4 is 34.7 Å². The Balaban J connectivity index is 0.000000235. The number of carboxylic acids is 2. The molecule has 7 nitrogen and oxygen atoms in total. The monoisotopic (exact) mass is 482 g/mol. The van der Waals surface area contributed by atoms with Crippen LogP contribution in [0.5, 0.6) is 0 Å². The molecular formula is C26H27O7P. The van der Waals surface area contributed by atoms with Crippen molar-refractivity contribution in [3.63, 3.8) is 0 Å². The molecule has 178 valence electrons. The predicted molar refractivity (Wildman–Crippen MR) is 130 cm³/mol. The fourth-order valence-corrected chi connectivity index (χ4v) is 12.1. The predicted octanol–water partition coefficient (Wildman–Crippen LogP) is 1.73. The van der Waals surface area contributed by atoms with Gasteiger partial charge in [-0.1, -0.05) is 0 Å². The third-order valence-corrected chi connectivity index (χ3v) is 13.2. The molecule has 0 radical (unpaired) electrons. The van der Waals surface area contributed by atoms with Crippen LogP contribution in [0, 0.1) is 5.92 Å². The van der Waals surface area contributed by atoms with E-state index in [1.807, 2.05) is 0 Å². The Morgan fingerprint density at radius 1 is 0.706 bits per heavy atom. The zero-order valence-corrected chi connectivity index (χ0v) is 19.2. The van der Waals surface area contributed by atoms with Gasteiger partial charge in [-0.25, -0.2) is 9.59 Å². The summed E-state index contributed by atoms with van der Waals surface area (Å²) in [5.41, 5.74) is 0.628. The van der Waals surface area contributed by atoms with Gasteiger partial charge in [-0.3, -0.25) is 0 Å². The van der Waals surface area contributed by atoms with Gasteiger partial charge in [-0.15, -0.1) is 0 Å². The summed E-state index contributed by atoms with van der Waals surface area (Å²) in [6, 6.07) is 33.0. The second-order valence-corrected chi connectivity index (χ2v) is 13.2. The molecule has 8 heteroatoms. The number of aliphatic hydroxyl groups excluding tert-OH is 2.